The molecule has 0 spiro atoms. The molecule has 0 radical (unpaired) electrons. The van der Waals surface area contributed by atoms with Crippen LogP contribution >= 0.6 is 11.8 Å². The summed E-state index contributed by atoms with van der Waals surface area (Å²) in [5, 5.41) is 17.8. The van der Waals surface area contributed by atoms with Crippen molar-refractivity contribution in [3.63, 3.8) is 0 Å². The molecule has 2 heterocycles. The standard InChI is InChI=1S/C16H15FN4OS/c1-10-8-12(17)2-3-13(10)14(22)9-23-16-19-15(20-21-16)11-4-6-18-7-5-11/h2-8,14,22H,9H2,1H3,(H,19,20,21)/t14-/m0/s1. The number of aromatic amines is 1. The van der Waals surface area contributed by atoms with Crippen LogP contribution in [-0.2, 0) is 0 Å². The van der Waals surface area contributed by atoms with Crippen molar-refractivity contribution < 1.29 is 9.50 Å². The quantitative estimate of drug-likeness (QED) is 0.703. The molecule has 0 saturated carbocycles. The van der Waals surface area contributed by atoms with Gasteiger partial charge in [-0.25, -0.2) is 9.37 Å². The molecular formula is C16H15FN4OS. The van der Waals surface area contributed by atoms with Gasteiger partial charge in [0.1, 0.15) is 5.82 Å². The second kappa shape index (κ2) is 6.89. The van der Waals surface area contributed by atoms with Crippen LogP contribution in [0.5, 0.6) is 0 Å². The third-order valence-corrected chi connectivity index (χ3v) is 4.30. The van der Waals surface area contributed by atoms with Crippen molar-refractivity contribution in [3.8, 4) is 11.4 Å². The number of aryl methyl sites for hydroxylation is 1. The molecule has 0 unspecified atom stereocenters. The lowest BCUT2D eigenvalue weighted by molar-refractivity contribution is 0.203. The number of benzene rings is 1. The van der Waals surface area contributed by atoms with E-state index in [-0.39, 0.29) is 5.82 Å². The van der Waals surface area contributed by atoms with Gasteiger partial charge in [0, 0.05) is 23.7 Å². The Labute approximate surface area is 137 Å². The van der Waals surface area contributed by atoms with Gasteiger partial charge in [0.2, 0.25) is 5.16 Å². The minimum absolute atomic E-state index is 0.304. The van der Waals surface area contributed by atoms with Crippen molar-refractivity contribution in [2.75, 3.05) is 5.75 Å². The van der Waals surface area contributed by atoms with Gasteiger partial charge in [-0.2, -0.15) is 0 Å². The second-order valence-corrected chi connectivity index (χ2v) is 6.02. The van der Waals surface area contributed by atoms with Crippen LogP contribution in [0.4, 0.5) is 4.39 Å². The lowest BCUT2D eigenvalue weighted by Crippen LogP contribution is -2.03. The molecule has 0 aliphatic heterocycles. The Morgan fingerprint density at radius 1 is 1.26 bits per heavy atom. The highest BCUT2D eigenvalue weighted by atomic mass is 32.2. The third kappa shape index (κ3) is 3.75. The summed E-state index contributed by atoms with van der Waals surface area (Å²) >= 11 is 1.34. The zero-order valence-electron chi connectivity index (χ0n) is 12.4. The van der Waals surface area contributed by atoms with Gasteiger partial charge in [0.05, 0.1) is 6.10 Å². The fourth-order valence-electron chi connectivity index (χ4n) is 2.21. The van der Waals surface area contributed by atoms with E-state index in [2.05, 4.69) is 20.2 Å². The first-order valence-electron chi connectivity index (χ1n) is 7.03. The SMILES string of the molecule is Cc1cc(F)ccc1[C@@H](O)CSc1n[nH]c(-c2ccncc2)n1. The summed E-state index contributed by atoms with van der Waals surface area (Å²) in [6.07, 6.45) is 2.67. The van der Waals surface area contributed by atoms with Crippen LogP contribution < -0.4 is 0 Å². The first-order valence-corrected chi connectivity index (χ1v) is 8.02. The minimum atomic E-state index is -0.705. The van der Waals surface area contributed by atoms with Crippen molar-refractivity contribution in [2.24, 2.45) is 0 Å². The molecule has 0 amide bonds. The molecule has 1 atom stereocenters. The number of nitrogens with one attached hydrogen (secondary N) is 1. The average Bonchev–Trinajstić information content (AvgIpc) is 3.02. The fraction of sp³-hybridized carbons (Fsp3) is 0.188. The Morgan fingerprint density at radius 3 is 2.78 bits per heavy atom. The molecule has 23 heavy (non-hydrogen) atoms. The van der Waals surface area contributed by atoms with E-state index < -0.39 is 6.10 Å². The first-order chi connectivity index (χ1) is 11.1. The lowest BCUT2D eigenvalue weighted by Gasteiger charge is -2.12. The molecule has 0 aliphatic carbocycles. The third-order valence-electron chi connectivity index (χ3n) is 3.38. The van der Waals surface area contributed by atoms with Gasteiger partial charge in [-0.3, -0.25) is 10.1 Å². The summed E-state index contributed by atoms with van der Waals surface area (Å²) in [5.74, 6) is 0.740. The molecule has 0 saturated heterocycles. The number of hydrogen-bond acceptors (Lipinski definition) is 5. The number of aliphatic hydroxyl groups excluding tert-OH is 1. The predicted octanol–water partition coefficient (Wildman–Crippen LogP) is 3.14. The van der Waals surface area contributed by atoms with Crippen molar-refractivity contribution in [3.05, 3.63) is 59.7 Å². The van der Waals surface area contributed by atoms with Crippen molar-refractivity contribution >= 4 is 11.8 Å². The van der Waals surface area contributed by atoms with E-state index in [0.717, 1.165) is 11.1 Å². The van der Waals surface area contributed by atoms with Gasteiger partial charge >= 0.3 is 0 Å². The molecule has 5 nitrogen and oxygen atoms in total. The van der Waals surface area contributed by atoms with E-state index in [1.54, 1.807) is 25.4 Å². The number of nitrogens with zero attached hydrogens (tertiary/aromatic N) is 3. The summed E-state index contributed by atoms with van der Waals surface area (Å²) in [7, 11) is 0. The second-order valence-electron chi connectivity index (χ2n) is 5.03. The molecule has 118 valence electrons. The fourth-order valence-corrected chi connectivity index (χ4v) is 2.96. The summed E-state index contributed by atoms with van der Waals surface area (Å²) in [6, 6.07) is 8.05. The molecule has 0 fully saturated rings. The van der Waals surface area contributed by atoms with Crippen molar-refractivity contribution in [1.29, 1.82) is 0 Å². The normalized spacial score (nSPS) is 12.3. The van der Waals surface area contributed by atoms with Gasteiger partial charge in [-0.15, -0.1) is 5.10 Å². The molecular weight excluding hydrogens is 315 g/mol. The van der Waals surface area contributed by atoms with Gasteiger partial charge in [-0.05, 0) is 42.3 Å². The van der Waals surface area contributed by atoms with Crippen molar-refractivity contribution in [2.45, 2.75) is 18.2 Å². The molecule has 1 aromatic carbocycles. The smallest absolute Gasteiger partial charge is 0.208 e. The van der Waals surface area contributed by atoms with E-state index in [0.29, 0.717) is 22.3 Å². The largest absolute Gasteiger partial charge is 0.388 e. The van der Waals surface area contributed by atoms with Gasteiger partial charge < -0.3 is 5.11 Å². The highest BCUT2D eigenvalue weighted by Gasteiger charge is 2.13. The number of thioether (sulfide) groups is 1. The van der Waals surface area contributed by atoms with Crippen LogP contribution in [0.15, 0.2) is 47.9 Å². The van der Waals surface area contributed by atoms with Gasteiger partial charge in [-0.1, -0.05) is 17.8 Å². The number of halogens is 1. The maximum atomic E-state index is 13.1. The van der Waals surface area contributed by atoms with E-state index in [4.69, 9.17) is 0 Å². The Kier molecular flexibility index (Phi) is 4.68. The Hall–Kier alpha value is -2.25. The zero-order valence-corrected chi connectivity index (χ0v) is 13.2. The maximum Gasteiger partial charge on any atom is 0.208 e. The Bertz CT molecular complexity index is 794. The van der Waals surface area contributed by atoms with Crippen LogP contribution in [-0.4, -0.2) is 31.0 Å². The predicted molar refractivity (Wildman–Crippen MR) is 86.4 cm³/mol. The number of rotatable bonds is 5. The summed E-state index contributed by atoms with van der Waals surface area (Å²) in [4.78, 5) is 8.34. The monoisotopic (exact) mass is 330 g/mol. The van der Waals surface area contributed by atoms with Crippen LogP contribution in [0.1, 0.15) is 17.2 Å². The van der Waals surface area contributed by atoms with Gasteiger partial charge in [0.25, 0.3) is 0 Å². The molecule has 3 rings (SSSR count). The number of H-pyrrole nitrogens is 1. The summed E-state index contributed by atoms with van der Waals surface area (Å²) in [6.45, 7) is 1.78. The summed E-state index contributed by atoms with van der Waals surface area (Å²) in [5.41, 5.74) is 2.34. The molecule has 7 heteroatoms. The maximum absolute atomic E-state index is 13.1. The van der Waals surface area contributed by atoms with E-state index in [9.17, 15) is 9.50 Å². The lowest BCUT2D eigenvalue weighted by atomic mass is 10.0. The Balaban J connectivity index is 1.65. The highest BCUT2D eigenvalue weighted by molar-refractivity contribution is 7.99. The number of aliphatic hydroxyl groups is 1. The number of pyridine rings is 1. The zero-order chi connectivity index (χ0) is 16.2. The molecule has 0 bridgehead atoms. The van der Waals surface area contributed by atoms with Crippen LogP contribution in [0, 0.1) is 12.7 Å². The first kappa shape index (κ1) is 15.6. The molecule has 0 aliphatic rings. The van der Waals surface area contributed by atoms with E-state index in [1.807, 2.05) is 12.1 Å². The average molecular weight is 330 g/mol. The molecule has 2 N–H and O–H groups in total. The van der Waals surface area contributed by atoms with Crippen LogP contribution in [0.2, 0.25) is 0 Å². The van der Waals surface area contributed by atoms with E-state index >= 15 is 0 Å². The highest BCUT2D eigenvalue weighted by Crippen LogP contribution is 2.26. The summed E-state index contributed by atoms with van der Waals surface area (Å²) < 4.78 is 13.1. The van der Waals surface area contributed by atoms with Crippen LogP contribution in [0.3, 0.4) is 0 Å². The van der Waals surface area contributed by atoms with Gasteiger partial charge in [0.15, 0.2) is 5.82 Å². The number of aromatic nitrogens is 4. The Morgan fingerprint density at radius 2 is 2.04 bits per heavy atom. The molecule has 3 aromatic rings. The topological polar surface area (TPSA) is 74.7 Å². The minimum Gasteiger partial charge on any atom is -0.388 e. The van der Waals surface area contributed by atoms with Crippen molar-refractivity contribution in [1.82, 2.24) is 20.2 Å². The van der Waals surface area contributed by atoms with Crippen LogP contribution in [0.25, 0.3) is 11.4 Å². The van der Waals surface area contributed by atoms with E-state index in [1.165, 1.54) is 23.9 Å². The molecule has 2 aromatic heterocycles. The number of hydrogen-bond donors (Lipinski definition) is 2.